The van der Waals surface area contributed by atoms with Crippen LogP contribution in [0.4, 0.5) is 4.79 Å². The highest BCUT2D eigenvalue weighted by molar-refractivity contribution is 5.74. The van der Waals surface area contributed by atoms with E-state index in [1.807, 2.05) is 60.7 Å². The highest BCUT2D eigenvalue weighted by Crippen LogP contribution is 2.34. The Hall–Kier alpha value is -3.84. The number of rotatable bonds is 4. The van der Waals surface area contributed by atoms with Gasteiger partial charge >= 0.3 is 6.09 Å². The van der Waals surface area contributed by atoms with E-state index in [1.54, 1.807) is 17.0 Å². The van der Waals surface area contributed by atoms with Gasteiger partial charge < -0.3 is 4.74 Å². The maximum absolute atomic E-state index is 12.9. The number of ether oxygens (including phenoxy) is 1. The van der Waals surface area contributed by atoms with E-state index in [-0.39, 0.29) is 18.7 Å². The summed E-state index contributed by atoms with van der Waals surface area (Å²) in [6.07, 6.45) is 2.55. The van der Waals surface area contributed by atoms with Gasteiger partial charge in [0.05, 0.1) is 17.7 Å². The van der Waals surface area contributed by atoms with E-state index in [4.69, 9.17) is 10.00 Å². The van der Waals surface area contributed by atoms with E-state index in [2.05, 4.69) is 24.3 Å². The third kappa shape index (κ3) is 4.42. The second-order valence-corrected chi connectivity index (χ2v) is 7.22. The molecule has 0 unspecified atom stereocenters. The summed E-state index contributed by atoms with van der Waals surface area (Å²) in [4.78, 5) is 14.7. The molecule has 0 saturated carbocycles. The van der Waals surface area contributed by atoms with Gasteiger partial charge in [0, 0.05) is 6.54 Å². The quantitative estimate of drug-likeness (QED) is 0.568. The minimum absolute atomic E-state index is 0.242. The molecule has 0 aliphatic carbocycles. The van der Waals surface area contributed by atoms with Crippen LogP contribution >= 0.6 is 0 Å². The van der Waals surface area contributed by atoms with Crippen LogP contribution in [0.1, 0.15) is 34.7 Å². The predicted octanol–water partition coefficient (Wildman–Crippen LogP) is 5.73. The fourth-order valence-electron chi connectivity index (χ4n) is 3.67. The Bertz CT molecular complexity index is 1070. The number of hydrogen-bond acceptors (Lipinski definition) is 3. The van der Waals surface area contributed by atoms with Crippen LogP contribution in [0.2, 0.25) is 0 Å². The third-order valence-corrected chi connectivity index (χ3v) is 5.28. The van der Waals surface area contributed by atoms with Crippen LogP contribution in [-0.2, 0) is 11.3 Å². The van der Waals surface area contributed by atoms with Crippen molar-refractivity contribution in [1.29, 1.82) is 5.26 Å². The van der Waals surface area contributed by atoms with Gasteiger partial charge in [0.15, 0.2) is 0 Å². The Morgan fingerprint density at radius 2 is 1.63 bits per heavy atom. The molecular formula is C26H22N2O2. The summed E-state index contributed by atoms with van der Waals surface area (Å²) >= 11 is 0. The van der Waals surface area contributed by atoms with E-state index in [0.29, 0.717) is 12.1 Å². The lowest BCUT2D eigenvalue weighted by Crippen LogP contribution is -2.37. The van der Waals surface area contributed by atoms with Crippen molar-refractivity contribution < 1.29 is 9.53 Å². The third-order valence-electron chi connectivity index (χ3n) is 5.28. The molecule has 3 aromatic rings. The molecule has 1 aliphatic rings. The second kappa shape index (κ2) is 9.11. The molecule has 0 bridgehead atoms. The molecule has 1 amide bonds. The number of amides is 1. The monoisotopic (exact) mass is 394 g/mol. The van der Waals surface area contributed by atoms with Crippen molar-refractivity contribution in [1.82, 2.24) is 4.90 Å². The summed E-state index contributed by atoms with van der Waals surface area (Å²) in [5.41, 5.74) is 4.88. The first-order valence-electron chi connectivity index (χ1n) is 9.98. The van der Waals surface area contributed by atoms with E-state index >= 15 is 0 Å². The van der Waals surface area contributed by atoms with Gasteiger partial charge in [0.1, 0.15) is 6.61 Å². The van der Waals surface area contributed by atoms with Crippen molar-refractivity contribution in [2.75, 3.05) is 6.54 Å². The molecule has 148 valence electrons. The standard InChI is InChI=1S/C26H22N2O2/c27-18-20-11-13-23(14-12-20)25-17-24(22-9-5-2-6-10-22)15-16-28(25)26(29)30-19-21-7-3-1-4-8-21/h1-14,17,25H,15-16,19H2/t25-/m0/s1. The summed E-state index contributed by atoms with van der Waals surface area (Å²) in [5.74, 6) is 0. The molecule has 0 fully saturated rings. The lowest BCUT2D eigenvalue weighted by atomic mass is 9.92. The summed E-state index contributed by atoms with van der Waals surface area (Å²) in [6, 6.07) is 29.2. The smallest absolute Gasteiger partial charge is 0.410 e. The van der Waals surface area contributed by atoms with Crippen LogP contribution in [0.3, 0.4) is 0 Å². The molecule has 1 atom stereocenters. The van der Waals surface area contributed by atoms with Gasteiger partial charge in [-0.2, -0.15) is 5.26 Å². The maximum Gasteiger partial charge on any atom is 0.410 e. The maximum atomic E-state index is 12.9. The van der Waals surface area contributed by atoms with E-state index < -0.39 is 0 Å². The number of hydrogen-bond donors (Lipinski definition) is 0. The predicted molar refractivity (Wildman–Crippen MR) is 116 cm³/mol. The lowest BCUT2D eigenvalue weighted by Gasteiger charge is -2.34. The first-order chi connectivity index (χ1) is 14.7. The zero-order valence-electron chi connectivity index (χ0n) is 16.6. The molecule has 0 radical (unpaired) electrons. The zero-order valence-corrected chi connectivity index (χ0v) is 16.6. The number of nitriles is 1. The Morgan fingerprint density at radius 1 is 0.967 bits per heavy atom. The van der Waals surface area contributed by atoms with E-state index in [9.17, 15) is 4.79 Å². The molecule has 4 heteroatoms. The van der Waals surface area contributed by atoms with Gasteiger partial charge in [-0.25, -0.2) is 4.79 Å². The molecule has 0 spiro atoms. The molecule has 0 aromatic heterocycles. The first-order valence-corrected chi connectivity index (χ1v) is 9.98. The average molecular weight is 394 g/mol. The van der Waals surface area contributed by atoms with Gasteiger partial charge in [0.2, 0.25) is 0 Å². The lowest BCUT2D eigenvalue weighted by molar-refractivity contribution is 0.0865. The number of carbonyl (C=O) groups excluding carboxylic acids is 1. The molecule has 4 rings (SSSR count). The van der Waals surface area contributed by atoms with Crippen LogP contribution < -0.4 is 0 Å². The van der Waals surface area contributed by atoms with Crippen LogP contribution in [0.25, 0.3) is 5.57 Å². The second-order valence-electron chi connectivity index (χ2n) is 7.22. The highest BCUT2D eigenvalue weighted by Gasteiger charge is 2.29. The largest absolute Gasteiger partial charge is 0.445 e. The minimum atomic E-state index is -0.337. The zero-order chi connectivity index (χ0) is 20.8. The molecule has 0 N–H and O–H groups in total. The first kappa shape index (κ1) is 19.5. The van der Waals surface area contributed by atoms with Gasteiger partial charge in [0.25, 0.3) is 0 Å². The van der Waals surface area contributed by atoms with Gasteiger partial charge in [-0.05, 0) is 40.8 Å². The number of carbonyl (C=O) groups is 1. The number of benzene rings is 3. The highest BCUT2D eigenvalue weighted by atomic mass is 16.6. The molecule has 4 nitrogen and oxygen atoms in total. The average Bonchev–Trinajstić information content (AvgIpc) is 2.83. The van der Waals surface area contributed by atoms with Crippen molar-refractivity contribution in [2.45, 2.75) is 19.1 Å². The van der Waals surface area contributed by atoms with Gasteiger partial charge in [-0.3, -0.25) is 4.90 Å². The molecule has 3 aromatic carbocycles. The fourth-order valence-corrected chi connectivity index (χ4v) is 3.67. The molecule has 1 aliphatic heterocycles. The van der Waals surface area contributed by atoms with Crippen LogP contribution in [0.5, 0.6) is 0 Å². The van der Waals surface area contributed by atoms with Crippen LogP contribution in [0, 0.1) is 11.3 Å². The topological polar surface area (TPSA) is 53.3 Å². The van der Waals surface area contributed by atoms with E-state index in [1.165, 1.54) is 5.57 Å². The Kier molecular flexibility index (Phi) is 5.91. The summed E-state index contributed by atoms with van der Waals surface area (Å²) in [5, 5.41) is 9.10. The minimum Gasteiger partial charge on any atom is -0.445 e. The number of nitrogens with zero attached hydrogens (tertiary/aromatic N) is 2. The fraction of sp³-hybridized carbons (Fsp3) is 0.154. The van der Waals surface area contributed by atoms with Crippen molar-refractivity contribution in [3.8, 4) is 6.07 Å². The van der Waals surface area contributed by atoms with Gasteiger partial charge in [-0.15, -0.1) is 0 Å². The molecule has 0 saturated heterocycles. The Balaban J connectivity index is 1.60. The summed E-state index contributed by atoms with van der Waals surface area (Å²) in [6.45, 7) is 0.810. The Morgan fingerprint density at radius 3 is 2.30 bits per heavy atom. The van der Waals surface area contributed by atoms with Crippen molar-refractivity contribution in [2.24, 2.45) is 0 Å². The van der Waals surface area contributed by atoms with Crippen molar-refractivity contribution in [3.05, 3.63) is 113 Å². The van der Waals surface area contributed by atoms with Crippen LogP contribution in [0.15, 0.2) is 91.0 Å². The van der Waals surface area contributed by atoms with Gasteiger partial charge in [-0.1, -0.05) is 78.9 Å². The van der Waals surface area contributed by atoms with Crippen molar-refractivity contribution in [3.63, 3.8) is 0 Å². The van der Waals surface area contributed by atoms with Crippen LogP contribution in [-0.4, -0.2) is 17.5 Å². The summed E-state index contributed by atoms with van der Waals surface area (Å²) in [7, 11) is 0. The SMILES string of the molecule is N#Cc1ccc([C@@H]2C=C(c3ccccc3)CCN2C(=O)OCc2ccccc2)cc1. The molecule has 30 heavy (non-hydrogen) atoms. The summed E-state index contributed by atoms with van der Waals surface area (Å²) < 4.78 is 5.61. The normalized spacial score (nSPS) is 15.8. The molecule has 1 heterocycles. The van der Waals surface area contributed by atoms with E-state index in [0.717, 1.165) is 23.1 Å². The van der Waals surface area contributed by atoms with Crippen molar-refractivity contribution >= 4 is 11.7 Å². The molecular weight excluding hydrogens is 372 g/mol. The Labute approximate surface area is 176 Å².